The molecule has 0 saturated heterocycles. The lowest BCUT2D eigenvalue weighted by molar-refractivity contribution is 0.105. The van der Waals surface area contributed by atoms with E-state index in [2.05, 4.69) is 33.8 Å². The molecule has 3 aromatic rings. The number of benzene rings is 2. The van der Waals surface area contributed by atoms with Crippen LogP contribution in [0.2, 0.25) is 0 Å². The molecule has 2 aromatic carbocycles. The highest BCUT2D eigenvalue weighted by Crippen LogP contribution is 2.26. The minimum absolute atomic E-state index is 0.0809. The van der Waals surface area contributed by atoms with Gasteiger partial charge in [0.25, 0.3) is 5.56 Å². The van der Waals surface area contributed by atoms with Crippen LogP contribution in [-0.4, -0.2) is 10.2 Å². The summed E-state index contributed by atoms with van der Waals surface area (Å²) in [6.45, 7) is 9.22. The van der Waals surface area contributed by atoms with Crippen LogP contribution in [0.4, 0.5) is 0 Å². The maximum Gasteiger partial charge on any atom is 0.258 e. The van der Waals surface area contributed by atoms with Gasteiger partial charge in [0.15, 0.2) is 0 Å². The second kappa shape index (κ2) is 8.64. The van der Waals surface area contributed by atoms with Crippen molar-refractivity contribution in [2.45, 2.75) is 65.5 Å². The average molecular weight is 378 g/mol. The van der Waals surface area contributed by atoms with Crippen molar-refractivity contribution in [1.82, 2.24) is 4.57 Å². The second-order valence-electron chi connectivity index (χ2n) is 8.02. The Balaban J connectivity index is 2.01. The van der Waals surface area contributed by atoms with Crippen molar-refractivity contribution in [1.29, 1.82) is 0 Å². The molecule has 3 nitrogen and oxygen atoms in total. The largest absolute Gasteiger partial charge is 0.488 e. The molecule has 0 aliphatic rings. The molecular weight excluding hydrogens is 346 g/mol. The first-order valence-corrected chi connectivity index (χ1v) is 10.4. The maximum atomic E-state index is 13.3. The Labute approximate surface area is 168 Å². The van der Waals surface area contributed by atoms with Gasteiger partial charge in [-0.05, 0) is 61.9 Å². The zero-order chi connectivity index (χ0) is 20.1. The predicted octanol–water partition coefficient (Wildman–Crippen LogP) is 6.43. The minimum atomic E-state index is -0.198. The summed E-state index contributed by atoms with van der Waals surface area (Å²) in [7, 11) is 0. The molecule has 0 aliphatic carbocycles. The molecule has 0 aliphatic heterocycles. The second-order valence-corrected chi connectivity index (χ2v) is 8.02. The highest BCUT2D eigenvalue weighted by atomic mass is 16.5. The predicted molar refractivity (Wildman–Crippen MR) is 118 cm³/mol. The van der Waals surface area contributed by atoms with Crippen molar-refractivity contribution >= 4 is 10.9 Å². The van der Waals surface area contributed by atoms with E-state index in [9.17, 15) is 4.79 Å². The van der Waals surface area contributed by atoms with Crippen LogP contribution in [-0.2, 0) is 6.54 Å². The van der Waals surface area contributed by atoms with Crippen molar-refractivity contribution in [3.63, 3.8) is 0 Å². The Hall–Kier alpha value is -2.55. The standard InChI is InChI=1S/C25H31NO2/c1-5-7-10-17-26-23-12-9-8-11-20(23)18-22(24(26)27)19-13-15-21(16-14-19)28-25(3,4)6-2/h8-9,11-16,18H,5-7,10,17H2,1-4H3. The third-order valence-corrected chi connectivity index (χ3v) is 5.40. The van der Waals surface area contributed by atoms with E-state index in [1.165, 1.54) is 0 Å². The highest BCUT2D eigenvalue weighted by Gasteiger charge is 2.17. The Kier molecular flexibility index (Phi) is 6.23. The number of ether oxygens (including phenoxy) is 1. The van der Waals surface area contributed by atoms with E-state index in [0.717, 1.165) is 60.0 Å². The van der Waals surface area contributed by atoms with Crippen LogP contribution < -0.4 is 10.3 Å². The molecule has 3 rings (SSSR count). The van der Waals surface area contributed by atoms with Gasteiger partial charge in [-0.1, -0.05) is 57.0 Å². The molecule has 0 atom stereocenters. The number of unbranched alkanes of at least 4 members (excludes halogenated alkanes) is 2. The van der Waals surface area contributed by atoms with Gasteiger partial charge in [-0.2, -0.15) is 0 Å². The van der Waals surface area contributed by atoms with E-state index in [1.807, 2.05) is 53.1 Å². The molecule has 1 aromatic heterocycles. The number of pyridine rings is 1. The van der Waals surface area contributed by atoms with E-state index in [1.54, 1.807) is 0 Å². The quantitative estimate of drug-likeness (QED) is 0.424. The molecule has 148 valence electrons. The van der Waals surface area contributed by atoms with Gasteiger partial charge in [-0.15, -0.1) is 0 Å². The summed E-state index contributed by atoms with van der Waals surface area (Å²) in [5.41, 5.74) is 2.57. The van der Waals surface area contributed by atoms with Crippen LogP contribution in [0.25, 0.3) is 22.0 Å². The van der Waals surface area contributed by atoms with Crippen LogP contribution in [0.1, 0.15) is 53.4 Å². The molecule has 0 unspecified atom stereocenters. The molecule has 0 saturated carbocycles. The van der Waals surface area contributed by atoms with Gasteiger partial charge >= 0.3 is 0 Å². The van der Waals surface area contributed by atoms with Crippen LogP contribution in [0.3, 0.4) is 0 Å². The van der Waals surface area contributed by atoms with Gasteiger partial charge in [-0.3, -0.25) is 4.79 Å². The van der Waals surface area contributed by atoms with Gasteiger partial charge < -0.3 is 9.30 Å². The number of rotatable bonds is 8. The maximum absolute atomic E-state index is 13.3. The summed E-state index contributed by atoms with van der Waals surface area (Å²) in [5, 5.41) is 1.10. The summed E-state index contributed by atoms with van der Waals surface area (Å²) in [6, 6.07) is 18.1. The first-order chi connectivity index (χ1) is 13.4. The molecule has 1 heterocycles. The Morgan fingerprint density at radius 1 is 0.964 bits per heavy atom. The van der Waals surface area contributed by atoms with Crippen LogP contribution in [0.5, 0.6) is 5.75 Å². The monoisotopic (exact) mass is 377 g/mol. The summed E-state index contributed by atoms with van der Waals surface area (Å²) in [6.07, 6.45) is 4.22. The fraction of sp³-hybridized carbons (Fsp3) is 0.400. The number of nitrogens with zero attached hydrogens (tertiary/aromatic N) is 1. The van der Waals surface area contributed by atoms with E-state index >= 15 is 0 Å². The Bertz CT molecular complexity index is 984. The normalized spacial score (nSPS) is 11.7. The van der Waals surface area contributed by atoms with Gasteiger partial charge in [0.2, 0.25) is 0 Å². The average Bonchev–Trinajstić information content (AvgIpc) is 2.70. The number of aryl methyl sites for hydroxylation is 1. The summed E-state index contributed by atoms with van der Waals surface area (Å²) < 4.78 is 7.98. The molecule has 0 spiro atoms. The van der Waals surface area contributed by atoms with Gasteiger partial charge in [0.1, 0.15) is 11.4 Å². The van der Waals surface area contributed by atoms with Crippen LogP contribution >= 0.6 is 0 Å². The van der Waals surface area contributed by atoms with Gasteiger partial charge in [-0.25, -0.2) is 0 Å². The highest BCUT2D eigenvalue weighted by molar-refractivity contribution is 5.84. The molecule has 0 bridgehead atoms. The lowest BCUT2D eigenvalue weighted by Gasteiger charge is -2.25. The fourth-order valence-corrected chi connectivity index (χ4v) is 3.37. The molecule has 0 radical (unpaired) electrons. The van der Waals surface area contributed by atoms with Gasteiger partial charge in [0.05, 0.1) is 5.52 Å². The number of fused-ring (bicyclic) bond motifs is 1. The Morgan fingerprint density at radius 2 is 1.68 bits per heavy atom. The number of hydrogen-bond acceptors (Lipinski definition) is 2. The topological polar surface area (TPSA) is 31.2 Å². The summed E-state index contributed by atoms with van der Waals surface area (Å²) >= 11 is 0. The lowest BCUT2D eigenvalue weighted by atomic mass is 10.0. The number of hydrogen-bond donors (Lipinski definition) is 0. The molecule has 28 heavy (non-hydrogen) atoms. The molecule has 0 fully saturated rings. The first-order valence-electron chi connectivity index (χ1n) is 10.4. The fourth-order valence-electron chi connectivity index (χ4n) is 3.37. The minimum Gasteiger partial charge on any atom is -0.488 e. The van der Waals surface area contributed by atoms with Crippen LogP contribution in [0.15, 0.2) is 59.4 Å². The Morgan fingerprint density at radius 3 is 2.36 bits per heavy atom. The van der Waals surface area contributed by atoms with Crippen molar-refractivity contribution in [2.24, 2.45) is 0 Å². The first kappa shape index (κ1) is 20.2. The summed E-state index contributed by atoms with van der Waals surface area (Å²) in [4.78, 5) is 13.3. The zero-order valence-corrected chi connectivity index (χ0v) is 17.5. The molecule has 3 heteroatoms. The third-order valence-electron chi connectivity index (χ3n) is 5.40. The van der Waals surface area contributed by atoms with E-state index < -0.39 is 0 Å². The van der Waals surface area contributed by atoms with E-state index in [0.29, 0.717) is 0 Å². The molecule has 0 amide bonds. The smallest absolute Gasteiger partial charge is 0.258 e. The van der Waals surface area contributed by atoms with Crippen molar-refractivity contribution < 1.29 is 4.74 Å². The van der Waals surface area contributed by atoms with Gasteiger partial charge in [0, 0.05) is 12.1 Å². The van der Waals surface area contributed by atoms with E-state index in [-0.39, 0.29) is 11.2 Å². The summed E-state index contributed by atoms with van der Waals surface area (Å²) in [5.74, 6) is 0.833. The third kappa shape index (κ3) is 4.46. The number of aromatic nitrogens is 1. The van der Waals surface area contributed by atoms with Crippen LogP contribution in [0, 0.1) is 0 Å². The van der Waals surface area contributed by atoms with E-state index in [4.69, 9.17) is 4.74 Å². The number of para-hydroxylation sites is 1. The SMILES string of the molecule is CCCCCn1c(=O)c(-c2ccc(OC(C)(C)CC)cc2)cc2ccccc21. The van der Waals surface area contributed by atoms with Crippen molar-refractivity contribution in [3.05, 3.63) is 65.0 Å². The molecular formula is C25H31NO2. The van der Waals surface area contributed by atoms with Crippen molar-refractivity contribution in [2.75, 3.05) is 0 Å². The van der Waals surface area contributed by atoms with Crippen molar-refractivity contribution in [3.8, 4) is 16.9 Å². The molecule has 0 N–H and O–H groups in total. The lowest BCUT2D eigenvalue weighted by Crippen LogP contribution is -2.26. The zero-order valence-electron chi connectivity index (χ0n) is 17.5.